The molecule has 1 aromatic carbocycles. The highest BCUT2D eigenvalue weighted by Crippen LogP contribution is 2.34. The molecule has 0 radical (unpaired) electrons. The minimum absolute atomic E-state index is 0.464. The SMILES string of the molecule is COc1cc(Br)ccc1C(O)c1ncccc1OC. The Hall–Kier alpha value is -1.59. The number of methoxy groups -OCH3 is 2. The van der Waals surface area contributed by atoms with E-state index in [-0.39, 0.29) is 0 Å². The smallest absolute Gasteiger partial charge is 0.143 e. The Morgan fingerprint density at radius 3 is 2.58 bits per heavy atom. The van der Waals surface area contributed by atoms with Gasteiger partial charge in [0.05, 0.1) is 14.2 Å². The van der Waals surface area contributed by atoms with E-state index in [1.54, 1.807) is 44.7 Å². The minimum atomic E-state index is -0.904. The predicted octanol–water partition coefficient (Wildman–Crippen LogP) is 2.94. The van der Waals surface area contributed by atoms with Crippen molar-refractivity contribution in [2.24, 2.45) is 0 Å². The molecule has 5 heteroatoms. The first-order valence-corrected chi connectivity index (χ1v) is 6.47. The number of aliphatic hydroxyl groups is 1. The van der Waals surface area contributed by atoms with E-state index in [2.05, 4.69) is 20.9 Å². The summed E-state index contributed by atoms with van der Waals surface area (Å²) < 4.78 is 11.4. The van der Waals surface area contributed by atoms with E-state index in [0.29, 0.717) is 22.8 Å². The summed E-state index contributed by atoms with van der Waals surface area (Å²) in [5.74, 6) is 1.13. The number of aromatic nitrogens is 1. The highest BCUT2D eigenvalue weighted by molar-refractivity contribution is 9.10. The number of nitrogens with zero attached hydrogens (tertiary/aromatic N) is 1. The molecule has 1 N–H and O–H groups in total. The molecule has 1 aromatic heterocycles. The summed E-state index contributed by atoms with van der Waals surface area (Å²) >= 11 is 3.37. The van der Waals surface area contributed by atoms with E-state index in [4.69, 9.17) is 9.47 Å². The quantitative estimate of drug-likeness (QED) is 0.939. The van der Waals surface area contributed by atoms with Crippen LogP contribution in [-0.4, -0.2) is 24.3 Å². The van der Waals surface area contributed by atoms with Gasteiger partial charge >= 0.3 is 0 Å². The third-order valence-electron chi connectivity index (χ3n) is 2.77. The van der Waals surface area contributed by atoms with Crippen molar-refractivity contribution in [3.8, 4) is 11.5 Å². The van der Waals surface area contributed by atoms with E-state index in [1.807, 2.05) is 6.07 Å². The van der Waals surface area contributed by atoms with Crippen LogP contribution < -0.4 is 9.47 Å². The first-order chi connectivity index (χ1) is 9.17. The molecule has 0 aliphatic rings. The molecule has 0 saturated heterocycles. The Morgan fingerprint density at radius 2 is 1.89 bits per heavy atom. The molecule has 1 heterocycles. The lowest BCUT2D eigenvalue weighted by Crippen LogP contribution is -2.06. The van der Waals surface area contributed by atoms with Crippen LogP contribution in [0.5, 0.6) is 11.5 Å². The van der Waals surface area contributed by atoms with Crippen molar-refractivity contribution in [1.82, 2.24) is 4.98 Å². The van der Waals surface area contributed by atoms with E-state index in [9.17, 15) is 5.11 Å². The fraction of sp³-hybridized carbons (Fsp3) is 0.214. The fourth-order valence-electron chi connectivity index (χ4n) is 1.84. The molecule has 0 aliphatic carbocycles. The maximum Gasteiger partial charge on any atom is 0.143 e. The third kappa shape index (κ3) is 2.88. The maximum absolute atomic E-state index is 10.5. The summed E-state index contributed by atoms with van der Waals surface area (Å²) in [5.41, 5.74) is 1.10. The molecule has 2 aromatic rings. The van der Waals surface area contributed by atoms with Crippen molar-refractivity contribution in [3.63, 3.8) is 0 Å². The minimum Gasteiger partial charge on any atom is -0.496 e. The number of benzene rings is 1. The molecular formula is C14H14BrNO3. The zero-order chi connectivity index (χ0) is 13.8. The summed E-state index contributed by atoms with van der Waals surface area (Å²) in [6.45, 7) is 0. The lowest BCUT2D eigenvalue weighted by Gasteiger charge is -2.16. The lowest BCUT2D eigenvalue weighted by molar-refractivity contribution is 0.204. The molecule has 0 amide bonds. The van der Waals surface area contributed by atoms with Crippen molar-refractivity contribution in [2.45, 2.75) is 6.10 Å². The van der Waals surface area contributed by atoms with E-state index in [0.717, 1.165) is 4.47 Å². The van der Waals surface area contributed by atoms with Crippen LogP contribution in [0.15, 0.2) is 41.0 Å². The molecular weight excluding hydrogens is 310 g/mol. The Labute approximate surface area is 120 Å². The number of ether oxygens (including phenoxy) is 2. The van der Waals surface area contributed by atoms with Crippen molar-refractivity contribution in [3.05, 3.63) is 52.3 Å². The Bertz CT molecular complexity index is 574. The standard InChI is InChI=1S/C14H14BrNO3/c1-18-11-4-3-7-16-13(11)14(17)10-6-5-9(15)8-12(10)19-2/h3-8,14,17H,1-2H3. The Balaban J connectivity index is 2.46. The lowest BCUT2D eigenvalue weighted by atomic mass is 10.0. The largest absolute Gasteiger partial charge is 0.496 e. The Morgan fingerprint density at radius 1 is 1.16 bits per heavy atom. The summed E-state index contributed by atoms with van der Waals surface area (Å²) in [4.78, 5) is 4.18. The molecule has 0 aliphatic heterocycles. The number of hydrogen-bond acceptors (Lipinski definition) is 4. The number of aliphatic hydroxyl groups excluding tert-OH is 1. The second-order valence-corrected chi connectivity index (χ2v) is 4.80. The van der Waals surface area contributed by atoms with Crippen LogP contribution in [0.25, 0.3) is 0 Å². The molecule has 100 valence electrons. The van der Waals surface area contributed by atoms with Crippen molar-refractivity contribution in [2.75, 3.05) is 14.2 Å². The van der Waals surface area contributed by atoms with E-state index in [1.165, 1.54) is 0 Å². The van der Waals surface area contributed by atoms with Crippen LogP contribution in [0.1, 0.15) is 17.4 Å². The highest BCUT2D eigenvalue weighted by atomic mass is 79.9. The van der Waals surface area contributed by atoms with Crippen molar-refractivity contribution in [1.29, 1.82) is 0 Å². The number of hydrogen-bond donors (Lipinski definition) is 1. The van der Waals surface area contributed by atoms with Gasteiger partial charge in [0, 0.05) is 16.2 Å². The summed E-state index contributed by atoms with van der Waals surface area (Å²) in [5, 5.41) is 10.5. The molecule has 1 atom stereocenters. The Kier molecular flexibility index (Phi) is 4.39. The highest BCUT2D eigenvalue weighted by Gasteiger charge is 2.20. The third-order valence-corrected chi connectivity index (χ3v) is 3.26. The first-order valence-electron chi connectivity index (χ1n) is 5.67. The van der Waals surface area contributed by atoms with Gasteiger partial charge in [0.25, 0.3) is 0 Å². The molecule has 4 nitrogen and oxygen atoms in total. The molecule has 0 saturated carbocycles. The number of rotatable bonds is 4. The van der Waals surface area contributed by atoms with Crippen LogP contribution in [0.4, 0.5) is 0 Å². The van der Waals surface area contributed by atoms with Gasteiger partial charge in [-0.1, -0.05) is 22.0 Å². The normalized spacial score (nSPS) is 12.0. The molecule has 1 unspecified atom stereocenters. The topological polar surface area (TPSA) is 51.6 Å². The predicted molar refractivity (Wildman–Crippen MR) is 75.5 cm³/mol. The van der Waals surface area contributed by atoms with Gasteiger partial charge in [-0.25, -0.2) is 0 Å². The van der Waals surface area contributed by atoms with Crippen LogP contribution in [0.2, 0.25) is 0 Å². The maximum atomic E-state index is 10.5. The van der Waals surface area contributed by atoms with Gasteiger partial charge in [-0.2, -0.15) is 0 Å². The van der Waals surface area contributed by atoms with Crippen LogP contribution in [0, 0.1) is 0 Å². The average Bonchev–Trinajstić information content (AvgIpc) is 2.46. The zero-order valence-corrected chi connectivity index (χ0v) is 12.2. The fourth-order valence-corrected chi connectivity index (χ4v) is 2.18. The van der Waals surface area contributed by atoms with Crippen LogP contribution in [0.3, 0.4) is 0 Å². The summed E-state index contributed by atoms with van der Waals surface area (Å²) in [6, 6.07) is 8.96. The van der Waals surface area contributed by atoms with Gasteiger partial charge in [-0.15, -0.1) is 0 Å². The average molecular weight is 324 g/mol. The van der Waals surface area contributed by atoms with Gasteiger partial charge in [-0.05, 0) is 24.3 Å². The van der Waals surface area contributed by atoms with Gasteiger partial charge in [0.1, 0.15) is 23.3 Å². The van der Waals surface area contributed by atoms with Gasteiger partial charge in [0.2, 0.25) is 0 Å². The van der Waals surface area contributed by atoms with Crippen LogP contribution >= 0.6 is 15.9 Å². The molecule has 2 rings (SSSR count). The van der Waals surface area contributed by atoms with Gasteiger partial charge in [0.15, 0.2) is 0 Å². The van der Waals surface area contributed by atoms with Crippen molar-refractivity contribution < 1.29 is 14.6 Å². The number of pyridine rings is 1. The molecule has 19 heavy (non-hydrogen) atoms. The van der Waals surface area contributed by atoms with Gasteiger partial charge < -0.3 is 14.6 Å². The van der Waals surface area contributed by atoms with Crippen molar-refractivity contribution >= 4 is 15.9 Å². The molecule has 0 fully saturated rings. The van der Waals surface area contributed by atoms with E-state index >= 15 is 0 Å². The van der Waals surface area contributed by atoms with Crippen LogP contribution in [-0.2, 0) is 0 Å². The zero-order valence-electron chi connectivity index (χ0n) is 10.6. The number of halogens is 1. The summed E-state index contributed by atoms with van der Waals surface area (Å²) in [6.07, 6.45) is 0.714. The molecule has 0 bridgehead atoms. The monoisotopic (exact) mass is 323 g/mol. The first kappa shape index (κ1) is 13.8. The second-order valence-electron chi connectivity index (χ2n) is 3.88. The summed E-state index contributed by atoms with van der Waals surface area (Å²) in [7, 11) is 3.11. The second kappa shape index (κ2) is 6.04. The van der Waals surface area contributed by atoms with E-state index < -0.39 is 6.10 Å². The molecule has 0 spiro atoms. The van der Waals surface area contributed by atoms with Gasteiger partial charge in [-0.3, -0.25) is 4.98 Å².